The molecule has 1 amide bonds. The number of aromatic nitrogens is 3. The fraction of sp³-hybridized carbons (Fsp3) is 0.320. The van der Waals surface area contributed by atoms with Gasteiger partial charge in [0.15, 0.2) is 0 Å². The van der Waals surface area contributed by atoms with Gasteiger partial charge < -0.3 is 21.7 Å². The summed E-state index contributed by atoms with van der Waals surface area (Å²) in [6.07, 6.45) is 5.19. The quantitative estimate of drug-likeness (QED) is 0.342. The van der Waals surface area contributed by atoms with Gasteiger partial charge in [-0.15, -0.1) is 0 Å². The molecule has 1 saturated heterocycles. The lowest BCUT2D eigenvalue weighted by Crippen LogP contribution is -2.39. The van der Waals surface area contributed by atoms with Crippen molar-refractivity contribution in [3.63, 3.8) is 0 Å². The van der Waals surface area contributed by atoms with E-state index in [0.29, 0.717) is 34.2 Å². The van der Waals surface area contributed by atoms with Gasteiger partial charge in [-0.1, -0.05) is 26.0 Å². The van der Waals surface area contributed by atoms with Crippen molar-refractivity contribution in [3.05, 3.63) is 71.2 Å². The number of nitrogens with zero attached hydrogens (tertiary/aromatic N) is 3. The average Bonchev–Trinajstić information content (AvgIpc) is 2.85. The van der Waals surface area contributed by atoms with Crippen LogP contribution in [0, 0.1) is 5.41 Å². The number of benzene rings is 1. The van der Waals surface area contributed by atoms with Crippen molar-refractivity contribution < 1.29 is 4.79 Å². The Hall–Kier alpha value is -3.85. The second-order valence-electron chi connectivity index (χ2n) is 8.71. The Balaban J connectivity index is 1.50. The molecule has 2 aromatic heterocycles. The molecule has 0 bridgehead atoms. The van der Waals surface area contributed by atoms with Crippen molar-refractivity contribution in [1.82, 2.24) is 20.3 Å². The van der Waals surface area contributed by atoms with Crippen molar-refractivity contribution in [2.75, 3.05) is 29.5 Å². The number of hydrogen-bond acceptors (Lipinski definition) is 8. The third-order valence-electron chi connectivity index (χ3n) is 5.89. The van der Waals surface area contributed by atoms with Gasteiger partial charge in [-0.05, 0) is 55.1 Å². The molecule has 1 aliphatic rings. The molecule has 9 nitrogen and oxygen atoms in total. The summed E-state index contributed by atoms with van der Waals surface area (Å²) >= 11 is 0. The molecule has 0 radical (unpaired) electrons. The summed E-state index contributed by atoms with van der Waals surface area (Å²) in [6, 6.07) is 10.9. The molecule has 4 rings (SSSR count). The van der Waals surface area contributed by atoms with Gasteiger partial charge in [-0.3, -0.25) is 10.2 Å². The van der Waals surface area contributed by atoms with Gasteiger partial charge in [0.1, 0.15) is 23.8 Å². The maximum atomic E-state index is 12.7. The fourth-order valence-electron chi connectivity index (χ4n) is 3.92. The number of amides is 1. The summed E-state index contributed by atoms with van der Waals surface area (Å²) in [5.41, 5.74) is 8.98. The predicted octanol–water partition coefficient (Wildman–Crippen LogP) is 3.41. The Morgan fingerprint density at radius 3 is 2.62 bits per heavy atom. The van der Waals surface area contributed by atoms with Crippen LogP contribution in [0.2, 0.25) is 0 Å². The van der Waals surface area contributed by atoms with Gasteiger partial charge in [0, 0.05) is 29.9 Å². The first-order valence-corrected chi connectivity index (χ1v) is 11.5. The number of pyridine rings is 1. The highest BCUT2D eigenvalue weighted by Gasteiger charge is 2.20. The van der Waals surface area contributed by atoms with E-state index >= 15 is 0 Å². The lowest BCUT2D eigenvalue weighted by molar-refractivity contribution is 0.102. The molecule has 176 valence electrons. The molecule has 0 spiro atoms. The van der Waals surface area contributed by atoms with Crippen molar-refractivity contribution >= 4 is 29.1 Å². The molecule has 3 heterocycles. The molecule has 0 saturated carbocycles. The van der Waals surface area contributed by atoms with Crippen LogP contribution in [0.25, 0.3) is 0 Å². The monoisotopic (exact) mass is 458 g/mol. The van der Waals surface area contributed by atoms with E-state index in [9.17, 15) is 4.79 Å². The Labute approximate surface area is 199 Å². The second kappa shape index (κ2) is 10.4. The van der Waals surface area contributed by atoms with Crippen molar-refractivity contribution in [1.29, 1.82) is 5.41 Å². The first-order chi connectivity index (χ1) is 16.4. The largest absolute Gasteiger partial charge is 0.383 e. The van der Waals surface area contributed by atoms with Gasteiger partial charge in [-0.25, -0.2) is 15.0 Å². The Morgan fingerprint density at radius 1 is 1.15 bits per heavy atom. The lowest BCUT2D eigenvalue weighted by atomic mass is 10.0. The van der Waals surface area contributed by atoms with E-state index in [-0.39, 0.29) is 23.5 Å². The summed E-state index contributed by atoms with van der Waals surface area (Å²) in [7, 11) is 0. The van der Waals surface area contributed by atoms with E-state index in [2.05, 4.69) is 44.7 Å². The fourth-order valence-corrected chi connectivity index (χ4v) is 3.92. The molecule has 1 fully saturated rings. The number of hydrogen-bond donors (Lipinski definition) is 5. The number of rotatable bonds is 7. The number of nitrogens with two attached hydrogens (primary N) is 1. The summed E-state index contributed by atoms with van der Waals surface area (Å²) in [5, 5.41) is 18.4. The minimum Gasteiger partial charge on any atom is -0.383 e. The summed E-state index contributed by atoms with van der Waals surface area (Å²) in [4.78, 5) is 25.4. The van der Waals surface area contributed by atoms with E-state index in [0.717, 1.165) is 31.5 Å². The van der Waals surface area contributed by atoms with Crippen molar-refractivity contribution in [2.45, 2.75) is 38.6 Å². The number of nitrogen functional groups attached to an aromatic ring is 1. The van der Waals surface area contributed by atoms with E-state index in [1.54, 1.807) is 30.5 Å². The van der Waals surface area contributed by atoms with Crippen molar-refractivity contribution in [3.8, 4) is 0 Å². The van der Waals surface area contributed by atoms with Crippen LogP contribution in [0.1, 0.15) is 59.7 Å². The Kier molecular flexibility index (Phi) is 7.12. The maximum absolute atomic E-state index is 12.7. The normalized spacial score (nSPS) is 15.7. The first-order valence-electron chi connectivity index (χ1n) is 11.5. The number of carbonyl (C=O) groups is 1. The first kappa shape index (κ1) is 23.3. The Bertz CT molecular complexity index is 1170. The molecule has 1 unspecified atom stereocenters. The van der Waals surface area contributed by atoms with E-state index in [1.165, 1.54) is 6.33 Å². The standard InChI is InChI=1S/C25H30N8O/c1-15(2)18-9-11-29-20(12-18)33-25(34)17-7-5-16(6-8-17)22(26)21-23(27)30-14-31-24(21)32-19-4-3-10-28-13-19/h5-9,11-12,14-15,19,26,28H,3-4,10,13H2,1-2H3,(H,29,33,34)(H3,27,30,31,32). The molecular formula is C25H30N8O. The highest BCUT2D eigenvalue weighted by atomic mass is 16.1. The van der Waals surface area contributed by atoms with Gasteiger partial charge in [0.25, 0.3) is 5.91 Å². The third-order valence-corrected chi connectivity index (χ3v) is 5.89. The molecule has 1 atom stereocenters. The van der Waals surface area contributed by atoms with Gasteiger partial charge in [0.2, 0.25) is 0 Å². The van der Waals surface area contributed by atoms with Gasteiger partial charge in [-0.2, -0.15) is 0 Å². The summed E-state index contributed by atoms with van der Waals surface area (Å²) < 4.78 is 0. The van der Waals surface area contributed by atoms with Crippen LogP contribution in [0.5, 0.6) is 0 Å². The van der Waals surface area contributed by atoms with Gasteiger partial charge in [0.05, 0.1) is 11.3 Å². The average molecular weight is 459 g/mol. The van der Waals surface area contributed by atoms with Crippen LogP contribution in [-0.4, -0.2) is 45.7 Å². The smallest absolute Gasteiger partial charge is 0.256 e. The van der Waals surface area contributed by atoms with E-state index < -0.39 is 0 Å². The topological polar surface area (TPSA) is 142 Å². The number of nitrogens with one attached hydrogen (secondary N) is 4. The van der Waals surface area contributed by atoms with Crippen LogP contribution in [0.3, 0.4) is 0 Å². The molecule has 1 aliphatic heterocycles. The minimum absolute atomic E-state index is 0.197. The Morgan fingerprint density at radius 2 is 1.91 bits per heavy atom. The van der Waals surface area contributed by atoms with Crippen LogP contribution in [-0.2, 0) is 0 Å². The zero-order chi connectivity index (χ0) is 24.1. The number of anilines is 3. The predicted molar refractivity (Wildman–Crippen MR) is 135 cm³/mol. The molecule has 0 aliphatic carbocycles. The lowest BCUT2D eigenvalue weighted by Gasteiger charge is -2.25. The number of carbonyl (C=O) groups excluding carboxylic acids is 1. The summed E-state index contributed by atoms with van der Waals surface area (Å²) in [5.74, 6) is 1.37. The second-order valence-corrected chi connectivity index (χ2v) is 8.71. The van der Waals surface area contributed by atoms with Crippen LogP contribution in [0.15, 0.2) is 48.9 Å². The molecule has 6 N–H and O–H groups in total. The summed E-state index contributed by atoms with van der Waals surface area (Å²) in [6.45, 7) is 6.01. The SMILES string of the molecule is CC(C)c1ccnc(NC(=O)c2ccc(C(=N)c3c(N)ncnc3NC3CCCNC3)cc2)c1. The molecule has 34 heavy (non-hydrogen) atoms. The molecule has 3 aromatic rings. The van der Waals surface area contributed by atoms with E-state index in [1.807, 2.05) is 12.1 Å². The molecule has 1 aromatic carbocycles. The van der Waals surface area contributed by atoms with Crippen molar-refractivity contribution in [2.24, 2.45) is 0 Å². The van der Waals surface area contributed by atoms with Crippen LogP contribution >= 0.6 is 0 Å². The zero-order valence-electron chi connectivity index (χ0n) is 19.4. The van der Waals surface area contributed by atoms with E-state index in [4.69, 9.17) is 11.1 Å². The maximum Gasteiger partial charge on any atom is 0.256 e. The zero-order valence-corrected chi connectivity index (χ0v) is 19.4. The molecule has 9 heteroatoms. The minimum atomic E-state index is -0.263. The highest BCUT2D eigenvalue weighted by Crippen LogP contribution is 2.24. The highest BCUT2D eigenvalue weighted by molar-refractivity contribution is 6.16. The number of piperidine rings is 1. The molecular weight excluding hydrogens is 428 g/mol. The third kappa shape index (κ3) is 5.37. The van der Waals surface area contributed by atoms with Gasteiger partial charge >= 0.3 is 0 Å². The van der Waals surface area contributed by atoms with Crippen LogP contribution in [0.4, 0.5) is 17.5 Å². The van der Waals surface area contributed by atoms with Crippen LogP contribution < -0.4 is 21.7 Å².